The van der Waals surface area contributed by atoms with Crippen LogP contribution in [0.15, 0.2) is 140 Å². The van der Waals surface area contributed by atoms with E-state index in [-0.39, 0.29) is 42.5 Å². The van der Waals surface area contributed by atoms with Crippen molar-refractivity contribution >= 4 is 0 Å². The van der Waals surface area contributed by atoms with Crippen molar-refractivity contribution in [2.75, 3.05) is 26.4 Å². The van der Waals surface area contributed by atoms with Gasteiger partial charge in [0.1, 0.15) is 0 Å². The molecule has 0 spiro atoms. The van der Waals surface area contributed by atoms with Crippen LogP contribution in [-0.2, 0) is 70.6 Å². The number of hydrogen-bond donors (Lipinski definition) is 8. The van der Waals surface area contributed by atoms with E-state index in [1.165, 1.54) is 374 Å². The van der Waals surface area contributed by atoms with Crippen molar-refractivity contribution in [2.24, 2.45) is 45.6 Å². The predicted octanol–water partition coefficient (Wildman–Crippen LogP) is 33.1. The van der Waals surface area contributed by atoms with Crippen molar-refractivity contribution in [2.45, 2.75) is 530 Å². The van der Waals surface area contributed by atoms with Gasteiger partial charge in [0, 0.05) is 35.4 Å². The summed E-state index contributed by atoms with van der Waals surface area (Å²) in [5.74, 6) is 2.41. The van der Waals surface area contributed by atoms with Crippen LogP contribution in [0.25, 0.3) is 0 Å². The second-order valence-corrected chi connectivity index (χ2v) is 44.1. The fourth-order valence-electron chi connectivity index (χ4n) is 21.0. The molecule has 3 fully saturated rings. The number of aliphatic hydroxyl groups excluding tert-OH is 4. The second-order valence-electron chi connectivity index (χ2n) is 44.1. The summed E-state index contributed by atoms with van der Waals surface area (Å²) in [4.78, 5) is 0. The maximum absolute atomic E-state index is 9.68. The topological polar surface area (TPSA) is 185 Å². The normalized spacial score (nSPS) is 20.2. The molecule has 6 aromatic carbocycles. The van der Waals surface area contributed by atoms with E-state index in [4.69, 9.17) is 22.9 Å². The summed E-state index contributed by atoms with van der Waals surface area (Å²) < 4.78 is 0. The zero-order valence-electron chi connectivity index (χ0n) is 88.9. The monoisotopic (exact) mass is 1850 g/mol. The van der Waals surface area contributed by atoms with Crippen molar-refractivity contribution < 1.29 is 20.4 Å². The number of aliphatic hydroxyl groups is 4. The number of unbranched alkanes of at least 4 members (excludes halogenated alkanes) is 30. The highest BCUT2D eigenvalue weighted by atomic mass is 16.3. The van der Waals surface area contributed by atoms with E-state index in [2.05, 4.69) is 223 Å². The number of benzene rings is 6. The van der Waals surface area contributed by atoms with E-state index in [1.807, 2.05) is 6.92 Å². The molecule has 0 aromatic heterocycles. The highest BCUT2D eigenvalue weighted by Gasteiger charge is 2.41. The molecular formula is C126H214N4O4. The van der Waals surface area contributed by atoms with Crippen LogP contribution in [-0.4, -0.2) is 69.0 Å². The number of aryl methyl sites for hydroxylation is 9. The summed E-state index contributed by atoms with van der Waals surface area (Å²) in [6, 6.07) is 53.2. The molecule has 4 aliphatic carbocycles. The number of hydrogen-bond acceptors (Lipinski definition) is 8. The van der Waals surface area contributed by atoms with Gasteiger partial charge in [-0.15, -0.1) is 0 Å². The van der Waals surface area contributed by atoms with Crippen LogP contribution < -0.4 is 22.9 Å². The van der Waals surface area contributed by atoms with Crippen LogP contribution in [0, 0.1) is 22.7 Å². The van der Waals surface area contributed by atoms with E-state index < -0.39 is 11.1 Å². The SMILES string of the molecule is C.CCCCCCCCc1ccc(C2CC(C)(CO)C2)cc1.CCCCCCCCc1ccc(C2CCC(C)(CO)C2)cc1.CCCCCCCCc1ccc(CC2CCCC2(N)CC)cc1.CCCCCCCCc1ccc(CCC(N)(CC)CO)cc1.CCCCCCCCc1ccc(CC[C@](C)(N)CC)cc1.CCCCCCCCc1ccc2c(c1)CCC(C(N)(CC)CO)C2. The van der Waals surface area contributed by atoms with Gasteiger partial charge >= 0.3 is 0 Å². The Morgan fingerprint density at radius 3 is 1.01 bits per heavy atom. The average Bonchev–Trinajstić information content (AvgIpc) is 1.10. The molecule has 7 unspecified atom stereocenters. The number of nitrogens with two attached hydrogens (primary N) is 4. The Labute approximate surface area is 828 Å². The maximum atomic E-state index is 9.68. The Hall–Kier alpha value is -5.00. The van der Waals surface area contributed by atoms with Gasteiger partial charge in [-0.1, -0.05) is 429 Å². The summed E-state index contributed by atoms with van der Waals surface area (Å²) in [5.41, 5.74) is 44.0. The van der Waals surface area contributed by atoms with Gasteiger partial charge in [0.15, 0.2) is 0 Å². The summed E-state index contributed by atoms with van der Waals surface area (Å²) in [7, 11) is 0. The highest BCUT2D eigenvalue weighted by Crippen LogP contribution is 2.51. The minimum atomic E-state index is -0.419. The molecule has 762 valence electrons. The van der Waals surface area contributed by atoms with Crippen LogP contribution in [0.3, 0.4) is 0 Å². The summed E-state index contributed by atoms with van der Waals surface area (Å²) >= 11 is 0. The molecule has 8 atom stereocenters. The Kier molecular flexibility index (Phi) is 63.9. The Balaban J connectivity index is 0.000000336. The molecule has 0 amide bonds. The summed E-state index contributed by atoms with van der Waals surface area (Å²) in [6.07, 6.45) is 78.4. The van der Waals surface area contributed by atoms with Gasteiger partial charge in [-0.3, -0.25) is 0 Å². The maximum Gasteiger partial charge on any atom is 0.0613 e. The first-order chi connectivity index (χ1) is 64.3. The Bertz CT molecular complexity index is 3760. The molecule has 8 heteroatoms. The first-order valence-corrected chi connectivity index (χ1v) is 56.4. The van der Waals surface area contributed by atoms with Gasteiger partial charge < -0.3 is 43.4 Å². The van der Waals surface area contributed by atoms with Crippen molar-refractivity contribution in [3.8, 4) is 0 Å². The third kappa shape index (κ3) is 48.9. The third-order valence-electron chi connectivity index (χ3n) is 32.1. The lowest BCUT2D eigenvalue weighted by Crippen LogP contribution is -2.51. The lowest BCUT2D eigenvalue weighted by Gasteiger charge is -2.44. The molecular weight excluding hydrogens is 1630 g/mol. The Morgan fingerprint density at radius 1 is 0.336 bits per heavy atom. The fourth-order valence-corrected chi connectivity index (χ4v) is 21.0. The van der Waals surface area contributed by atoms with Gasteiger partial charge in [-0.2, -0.15) is 0 Å². The summed E-state index contributed by atoms with van der Waals surface area (Å²) in [5, 5.41) is 37.9. The van der Waals surface area contributed by atoms with Crippen LogP contribution in [0.1, 0.15) is 509 Å². The quantitative estimate of drug-likeness (QED) is 0.0173. The molecule has 0 radical (unpaired) electrons. The van der Waals surface area contributed by atoms with Gasteiger partial charge in [-0.25, -0.2) is 0 Å². The van der Waals surface area contributed by atoms with E-state index in [0.717, 1.165) is 96.3 Å². The number of fused-ring (bicyclic) bond motifs is 1. The summed E-state index contributed by atoms with van der Waals surface area (Å²) in [6.45, 7) is 29.6. The minimum Gasteiger partial charge on any atom is -0.396 e. The van der Waals surface area contributed by atoms with E-state index in [0.29, 0.717) is 36.9 Å². The fraction of sp³-hybridized carbons (Fsp3) is 0.714. The molecule has 0 saturated heterocycles. The molecule has 0 heterocycles. The molecule has 4 aliphatic rings. The van der Waals surface area contributed by atoms with Gasteiger partial charge in [0.05, 0.1) is 13.2 Å². The van der Waals surface area contributed by atoms with E-state index in [9.17, 15) is 20.4 Å². The molecule has 12 N–H and O–H groups in total. The largest absolute Gasteiger partial charge is 0.396 e. The van der Waals surface area contributed by atoms with Crippen molar-refractivity contribution in [1.29, 1.82) is 0 Å². The molecule has 0 aliphatic heterocycles. The smallest absolute Gasteiger partial charge is 0.0613 e. The highest BCUT2D eigenvalue weighted by molar-refractivity contribution is 5.36. The molecule has 3 saturated carbocycles. The predicted molar refractivity (Wildman–Crippen MR) is 589 cm³/mol. The van der Waals surface area contributed by atoms with Gasteiger partial charge in [0.2, 0.25) is 0 Å². The first kappa shape index (κ1) is 121. The third-order valence-corrected chi connectivity index (χ3v) is 32.1. The standard InChI is InChI=1S/C22H37NO.C22H37N.C21H34O.C20H35NO.C20H35N.C20H32O.CH4/c1-3-5-6-7-8-9-10-18-11-12-20-16-21(14-13-19(20)15-18)22(23,4-2)17-24;1-3-5-6-7-8-9-11-19-13-15-20(16-14-19)18-21-12-10-17-22(21,23)4-2;1-3-4-5-6-7-8-9-18-10-12-19(13-11-18)20-14-15-21(2,16-20)17-22;1-3-5-6-7-8-9-10-18-11-13-19(14-12-18)15-16-20(21,4-2)17-22;1-4-6-7-8-9-10-11-18-12-14-19(15-13-18)16-17-20(3,21)5-2;1-3-4-5-6-7-8-9-17-10-12-18(13-11-17)19-14-20(2,15-19)16-21;/h11-12,15,21,24H,3-10,13-14,16-17,23H2,1-2H3;13-16,21H,3-12,17-18,23H2,1-2H3;10-13,20,22H,3-9,14-17H2,1-2H3;11-14,22H,3-10,15-17,21H2,1-2H3;12-15H,4-11,16-17,21H2,1-3H3;10-13,19,21H,3-9,14-16H2,1-2H3;1H4/t;;;;20-;;/m....1../s1. The lowest BCUT2D eigenvalue weighted by molar-refractivity contribution is 0.0434. The second kappa shape index (κ2) is 70.6. The van der Waals surface area contributed by atoms with E-state index >= 15 is 0 Å². The van der Waals surface area contributed by atoms with Crippen molar-refractivity contribution in [1.82, 2.24) is 0 Å². The molecule has 0 bridgehead atoms. The lowest BCUT2D eigenvalue weighted by atomic mass is 9.61. The average molecular weight is 1850 g/mol. The van der Waals surface area contributed by atoms with Crippen molar-refractivity contribution in [3.63, 3.8) is 0 Å². The minimum absolute atomic E-state index is 0. The van der Waals surface area contributed by atoms with Crippen LogP contribution in [0.5, 0.6) is 0 Å². The Morgan fingerprint density at radius 2 is 0.672 bits per heavy atom. The molecule has 8 nitrogen and oxygen atoms in total. The first-order valence-electron chi connectivity index (χ1n) is 56.4. The molecule has 134 heavy (non-hydrogen) atoms. The van der Waals surface area contributed by atoms with Crippen LogP contribution in [0.2, 0.25) is 0 Å². The molecule has 10 rings (SSSR count). The van der Waals surface area contributed by atoms with Crippen LogP contribution in [0.4, 0.5) is 0 Å². The van der Waals surface area contributed by atoms with Gasteiger partial charge in [0.25, 0.3) is 0 Å². The zero-order chi connectivity index (χ0) is 96.7. The van der Waals surface area contributed by atoms with E-state index in [1.54, 1.807) is 0 Å². The zero-order valence-corrected chi connectivity index (χ0v) is 88.9. The van der Waals surface area contributed by atoms with Crippen LogP contribution >= 0.6 is 0 Å². The molecule has 6 aromatic rings. The van der Waals surface area contributed by atoms with Gasteiger partial charge in [-0.05, 0) is 313 Å². The van der Waals surface area contributed by atoms with Crippen molar-refractivity contribution in [3.05, 3.63) is 212 Å². The number of rotatable bonds is 61.